The fourth-order valence-corrected chi connectivity index (χ4v) is 4.42. The number of aromatic nitrogens is 2. The number of carbonyl (C=O) groups is 1. The summed E-state index contributed by atoms with van der Waals surface area (Å²) in [5, 5.41) is 23.0. The third kappa shape index (κ3) is 3.69. The van der Waals surface area contributed by atoms with Gasteiger partial charge in [-0.15, -0.1) is 0 Å². The van der Waals surface area contributed by atoms with E-state index in [1.807, 2.05) is 42.6 Å². The summed E-state index contributed by atoms with van der Waals surface area (Å²) in [6, 6.07) is 18.1. The first kappa shape index (κ1) is 19.7. The lowest BCUT2D eigenvalue weighted by Crippen LogP contribution is -2.43. The molecule has 6 heteroatoms. The summed E-state index contributed by atoms with van der Waals surface area (Å²) in [7, 11) is 0. The number of rotatable bonds is 5. The highest BCUT2D eigenvalue weighted by atomic mass is 16.5. The summed E-state index contributed by atoms with van der Waals surface area (Å²) in [6.45, 7) is 1.73. The smallest absolute Gasteiger partial charge is 0.251 e. The Bertz CT molecular complexity index is 1240. The van der Waals surface area contributed by atoms with Gasteiger partial charge >= 0.3 is 0 Å². The lowest BCUT2D eigenvalue weighted by molar-refractivity contribution is -0.0146. The minimum atomic E-state index is -0.302. The zero-order chi connectivity index (χ0) is 21.3. The van der Waals surface area contributed by atoms with Gasteiger partial charge in [0.1, 0.15) is 0 Å². The van der Waals surface area contributed by atoms with Gasteiger partial charge in [0.05, 0.1) is 18.3 Å². The van der Waals surface area contributed by atoms with E-state index >= 15 is 0 Å². The molecule has 31 heavy (non-hydrogen) atoms. The number of aliphatic hydroxyl groups is 1. The van der Waals surface area contributed by atoms with Gasteiger partial charge in [-0.3, -0.25) is 9.89 Å². The fraction of sp³-hybridized carbons (Fsp3) is 0.280. The van der Waals surface area contributed by atoms with Crippen LogP contribution in [0, 0.1) is 5.41 Å². The minimum absolute atomic E-state index is 0.0484. The van der Waals surface area contributed by atoms with Crippen molar-refractivity contribution in [1.29, 1.82) is 0 Å². The molecule has 1 saturated heterocycles. The van der Waals surface area contributed by atoms with E-state index in [-0.39, 0.29) is 17.9 Å². The number of H-pyrrole nitrogens is 1. The first-order chi connectivity index (χ1) is 15.2. The molecule has 1 aliphatic rings. The third-order valence-electron chi connectivity index (χ3n) is 6.43. The van der Waals surface area contributed by atoms with Crippen molar-refractivity contribution in [3.8, 4) is 11.1 Å². The third-order valence-corrected chi connectivity index (χ3v) is 6.43. The van der Waals surface area contributed by atoms with Gasteiger partial charge in [0, 0.05) is 36.1 Å². The van der Waals surface area contributed by atoms with Crippen molar-refractivity contribution in [2.24, 2.45) is 5.41 Å². The lowest BCUT2D eigenvalue weighted by Gasteiger charge is -2.35. The Hall–Kier alpha value is -3.22. The predicted molar refractivity (Wildman–Crippen MR) is 121 cm³/mol. The minimum Gasteiger partial charge on any atom is -0.396 e. The van der Waals surface area contributed by atoms with Crippen LogP contribution in [0.3, 0.4) is 0 Å². The van der Waals surface area contributed by atoms with E-state index in [2.05, 4.69) is 33.7 Å². The highest BCUT2D eigenvalue weighted by Gasteiger charge is 2.32. The standard InChI is InChI=1S/C25H25N3O3/c29-16-25(9-11-31-12-10-25)15-26-24(30)22-7-6-19(20-3-1-2-4-21(20)22)17-5-8-23-18(13-17)14-27-28-23/h1-8,13-14,29H,9-12,15-16H2,(H,26,30)(H,27,28). The molecule has 0 radical (unpaired) electrons. The molecule has 1 aliphatic heterocycles. The van der Waals surface area contributed by atoms with Crippen molar-refractivity contribution in [1.82, 2.24) is 15.5 Å². The first-order valence-corrected chi connectivity index (χ1v) is 10.6. The van der Waals surface area contributed by atoms with Crippen LogP contribution in [-0.4, -0.2) is 47.6 Å². The number of ether oxygens (including phenoxy) is 1. The van der Waals surface area contributed by atoms with Crippen LogP contribution in [0.5, 0.6) is 0 Å². The van der Waals surface area contributed by atoms with E-state index in [4.69, 9.17) is 4.74 Å². The van der Waals surface area contributed by atoms with Crippen molar-refractivity contribution in [2.45, 2.75) is 12.8 Å². The molecule has 1 amide bonds. The second-order valence-corrected chi connectivity index (χ2v) is 8.33. The Balaban J connectivity index is 1.47. The van der Waals surface area contributed by atoms with Crippen LogP contribution < -0.4 is 5.32 Å². The van der Waals surface area contributed by atoms with Crippen LogP contribution in [0.1, 0.15) is 23.2 Å². The molecule has 0 bridgehead atoms. The summed E-state index contributed by atoms with van der Waals surface area (Å²) in [5.74, 6) is -0.118. The number of carbonyl (C=O) groups excluding carboxylic acids is 1. The molecule has 3 aromatic carbocycles. The van der Waals surface area contributed by atoms with Gasteiger partial charge in [-0.25, -0.2) is 0 Å². The molecule has 4 aromatic rings. The number of aromatic amines is 1. The molecular formula is C25H25N3O3. The molecule has 0 spiro atoms. The molecule has 0 aliphatic carbocycles. The number of hydrogen-bond donors (Lipinski definition) is 3. The molecule has 3 N–H and O–H groups in total. The zero-order valence-corrected chi connectivity index (χ0v) is 17.2. The number of nitrogens with one attached hydrogen (secondary N) is 2. The largest absolute Gasteiger partial charge is 0.396 e. The second kappa shape index (κ2) is 8.13. The van der Waals surface area contributed by atoms with Crippen molar-refractivity contribution in [2.75, 3.05) is 26.4 Å². The van der Waals surface area contributed by atoms with Gasteiger partial charge < -0.3 is 15.2 Å². The number of hydrogen-bond acceptors (Lipinski definition) is 4. The van der Waals surface area contributed by atoms with Gasteiger partial charge in [-0.2, -0.15) is 5.10 Å². The molecular weight excluding hydrogens is 390 g/mol. The molecule has 0 atom stereocenters. The van der Waals surface area contributed by atoms with Crippen LogP contribution in [0.15, 0.2) is 60.8 Å². The van der Waals surface area contributed by atoms with E-state index in [1.54, 1.807) is 0 Å². The summed E-state index contributed by atoms with van der Waals surface area (Å²) in [5.41, 5.74) is 3.49. The van der Waals surface area contributed by atoms with Crippen LogP contribution in [0.2, 0.25) is 0 Å². The Morgan fingerprint density at radius 1 is 1.10 bits per heavy atom. The maximum Gasteiger partial charge on any atom is 0.251 e. The number of aliphatic hydroxyl groups excluding tert-OH is 1. The van der Waals surface area contributed by atoms with Crippen LogP contribution in [-0.2, 0) is 4.74 Å². The predicted octanol–water partition coefficient (Wildman–Crippen LogP) is 3.90. The fourth-order valence-electron chi connectivity index (χ4n) is 4.42. The topological polar surface area (TPSA) is 87.2 Å². The number of amides is 1. The van der Waals surface area contributed by atoms with Crippen molar-refractivity contribution >= 4 is 27.6 Å². The summed E-state index contributed by atoms with van der Waals surface area (Å²) in [6.07, 6.45) is 3.32. The average Bonchev–Trinajstić information content (AvgIpc) is 3.30. The van der Waals surface area contributed by atoms with Gasteiger partial charge in [0.25, 0.3) is 5.91 Å². The van der Waals surface area contributed by atoms with E-state index in [9.17, 15) is 9.90 Å². The van der Waals surface area contributed by atoms with E-state index in [0.29, 0.717) is 25.3 Å². The lowest BCUT2D eigenvalue weighted by atomic mass is 9.81. The Kier molecular flexibility index (Phi) is 5.18. The highest BCUT2D eigenvalue weighted by molar-refractivity contribution is 6.11. The molecule has 5 rings (SSSR count). The maximum absolute atomic E-state index is 13.1. The quantitative estimate of drug-likeness (QED) is 0.461. The molecule has 1 fully saturated rings. The summed E-state index contributed by atoms with van der Waals surface area (Å²) in [4.78, 5) is 13.1. The van der Waals surface area contributed by atoms with E-state index in [0.717, 1.165) is 45.6 Å². The normalized spacial score (nSPS) is 15.9. The van der Waals surface area contributed by atoms with Crippen LogP contribution >= 0.6 is 0 Å². The molecule has 2 heterocycles. The Labute approximate surface area is 180 Å². The van der Waals surface area contributed by atoms with Crippen molar-refractivity contribution in [3.05, 3.63) is 66.4 Å². The average molecular weight is 415 g/mol. The van der Waals surface area contributed by atoms with Gasteiger partial charge in [-0.05, 0) is 52.9 Å². The SMILES string of the molecule is O=C(NCC1(CO)CCOCC1)c1ccc(-c2ccc3[nH]ncc3c2)c2ccccc12. The molecule has 0 unspecified atom stereocenters. The molecule has 1 aromatic heterocycles. The van der Waals surface area contributed by atoms with Crippen LogP contribution in [0.25, 0.3) is 32.8 Å². The van der Waals surface area contributed by atoms with Gasteiger partial charge in [0.15, 0.2) is 0 Å². The molecule has 6 nitrogen and oxygen atoms in total. The summed E-state index contributed by atoms with van der Waals surface area (Å²) >= 11 is 0. The van der Waals surface area contributed by atoms with Crippen molar-refractivity contribution < 1.29 is 14.6 Å². The van der Waals surface area contributed by atoms with Gasteiger partial charge in [0.2, 0.25) is 0 Å². The monoisotopic (exact) mass is 415 g/mol. The van der Waals surface area contributed by atoms with E-state index < -0.39 is 0 Å². The van der Waals surface area contributed by atoms with Crippen molar-refractivity contribution in [3.63, 3.8) is 0 Å². The molecule has 0 saturated carbocycles. The first-order valence-electron chi connectivity index (χ1n) is 10.6. The Morgan fingerprint density at radius 2 is 1.90 bits per heavy atom. The molecule has 158 valence electrons. The van der Waals surface area contributed by atoms with Crippen LogP contribution in [0.4, 0.5) is 0 Å². The van der Waals surface area contributed by atoms with Gasteiger partial charge in [-0.1, -0.05) is 36.4 Å². The maximum atomic E-state index is 13.1. The zero-order valence-electron chi connectivity index (χ0n) is 17.2. The summed E-state index contributed by atoms with van der Waals surface area (Å²) < 4.78 is 5.42. The second-order valence-electron chi connectivity index (χ2n) is 8.33. The number of nitrogens with zero attached hydrogens (tertiary/aromatic N) is 1. The number of benzene rings is 3. The highest BCUT2D eigenvalue weighted by Crippen LogP contribution is 2.33. The Morgan fingerprint density at radius 3 is 2.71 bits per heavy atom. The number of fused-ring (bicyclic) bond motifs is 2. The van der Waals surface area contributed by atoms with E-state index in [1.165, 1.54) is 0 Å².